The van der Waals surface area contributed by atoms with E-state index in [9.17, 15) is 4.79 Å². The number of amides is 1. The number of aromatic nitrogens is 4. The van der Waals surface area contributed by atoms with Crippen LogP contribution in [0.2, 0.25) is 0 Å². The molecule has 1 amide bonds. The quantitative estimate of drug-likeness (QED) is 0.538. The molecule has 4 heterocycles. The summed E-state index contributed by atoms with van der Waals surface area (Å²) in [5.74, 6) is 2.31. The lowest BCUT2D eigenvalue weighted by Gasteiger charge is -2.31. The highest BCUT2D eigenvalue weighted by Gasteiger charge is 2.27. The number of nitrogens with zero attached hydrogens (tertiary/aromatic N) is 5. The largest absolute Gasteiger partial charge is 0.497 e. The number of fused-ring (bicyclic) bond motifs is 2. The Morgan fingerprint density at radius 3 is 2.79 bits per heavy atom. The van der Waals surface area contributed by atoms with Gasteiger partial charge in [0.25, 0.3) is 0 Å². The van der Waals surface area contributed by atoms with E-state index in [-0.39, 0.29) is 5.91 Å². The van der Waals surface area contributed by atoms with Crippen molar-refractivity contribution in [2.24, 2.45) is 0 Å². The van der Waals surface area contributed by atoms with E-state index in [4.69, 9.17) is 4.74 Å². The number of likely N-dealkylation sites (tertiary alicyclic amines) is 1. The van der Waals surface area contributed by atoms with Crippen LogP contribution in [0.1, 0.15) is 24.6 Å². The molecule has 1 saturated heterocycles. The fourth-order valence-corrected chi connectivity index (χ4v) is 4.21. The number of ether oxygens (including phenoxy) is 1. The second-order valence-electron chi connectivity index (χ2n) is 7.51. The summed E-state index contributed by atoms with van der Waals surface area (Å²) in [4.78, 5) is 14.9. The van der Waals surface area contributed by atoms with Gasteiger partial charge in [-0.05, 0) is 49.2 Å². The average molecular weight is 389 g/mol. The smallest absolute Gasteiger partial charge is 0.242 e. The Hall–Kier alpha value is -3.35. The van der Waals surface area contributed by atoms with Crippen molar-refractivity contribution in [2.45, 2.75) is 25.3 Å². The predicted molar refractivity (Wildman–Crippen MR) is 110 cm³/mol. The molecule has 0 saturated carbocycles. The maximum Gasteiger partial charge on any atom is 0.242 e. The standard InChI is InChI=1S/C22H23N5O2/c1-29-18-5-6-19-17(14-18)9-13-26(19)15-21(28)25-11-7-16(8-12-25)22-24-23-20-4-2-3-10-27(20)22/h2-6,9-10,13-14,16H,7-8,11-12,15H2,1H3. The van der Waals surface area contributed by atoms with Crippen LogP contribution >= 0.6 is 0 Å². The number of piperidine rings is 1. The van der Waals surface area contributed by atoms with Crippen LogP contribution in [0.3, 0.4) is 0 Å². The third-order valence-corrected chi connectivity index (χ3v) is 5.84. The summed E-state index contributed by atoms with van der Waals surface area (Å²) in [7, 11) is 1.66. The molecule has 0 spiro atoms. The molecule has 3 aromatic heterocycles. The van der Waals surface area contributed by atoms with Crippen molar-refractivity contribution in [3.8, 4) is 5.75 Å². The number of hydrogen-bond acceptors (Lipinski definition) is 4. The van der Waals surface area contributed by atoms with Gasteiger partial charge in [-0.3, -0.25) is 9.20 Å². The Morgan fingerprint density at radius 2 is 1.97 bits per heavy atom. The second kappa shape index (κ2) is 7.24. The van der Waals surface area contributed by atoms with E-state index in [1.54, 1.807) is 7.11 Å². The summed E-state index contributed by atoms with van der Waals surface area (Å²) in [5, 5.41) is 9.73. The van der Waals surface area contributed by atoms with Gasteiger partial charge in [-0.1, -0.05) is 6.07 Å². The van der Waals surface area contributed by atoms with Crippen molar-refractivity contribution in [1.29, 1.82) is 0 Å². The average Bonchev–Trinajstić information content (AvgIpc) is 3.37. The summed E-state index contributed by atoms with van der Waals surface area (Å²) in [5.41, 5.74) is 1.92. The Morgan fingerprint density at radius 1 is 1.10 bits per heavy atom. The summed E-state index contributed by atoms with van der Waals surface area (Å²) < 4.78 is 9.35. The normalized spacial score (nSPS) is 15.3. The van der Waals surface area contributed by atoms with E-state index in [0.29, 0.717) is 12.5 Å². The van der Waals surface area contributed by atoms with Crippen LogP contribution in [0.25, 0.3) is 16.6 Å². The van der Waals surface area contributed by atoms with Crippen LogP contribution < -0.4 is 4.74 Å². The number of pyridine rings is 1. The minimum absolute atomic E-state index is 0.155. The zero-order chi connectivity index (χ0) is 19.8. The topological polar surface area (TPSA) is 64.7 Å². The summed E-state index contributed by atoms with van der Waals surface area (Å²) in [6.07, 6.45) is 5.79. The predicted octanol–water partition coefficient (Wildman–Crippen LogP) is 3.10. The van der Waals surface area contributed by atoms with Gasteiger partial charge in [-0.15, -0.1) is 10.2 Å². The van der Waals surface area contributed by atoms with Crippen LogP contribution in [0, 0.1) is 0 Å². The lowest BCUT2D eigenvalue weighted by atomic mass is 9.96. The van der Waals surface area contributed by atoms with Gasteiger partial charge in [0.05, 0.1) is 7.11 Å². The van der Waals surface area contributed by atoms with Gasteiger partial charge < -0.3 is 14.2 Å². The van der Waals surface area contributed by atoms with Crippen LogP contribution in [0.4, 0.5) is 0 Å². The molecule has 7 heteroatoms. The molecular formula is C22H23N5O2. The number of benzene rings is 1. The van der Waals surface area contributed by atoms with Crippen molar-refractivity contribution < 1.29 is 9.53 Å². The van der Waals surface area contributed by atoms with E-state index >= 15 is 0 Å². The first-order valence-corrected chi connectivity index (χ1v) is 9.93. The lowest BCUT2D eigenvalue weighted by Crippen LogP contribution is -2.40. The lowest BCUT2D eigenvalue weighted by molar-refractivity contribution is -0.132. The van der Waals surface area contributed by atoms with Crippen LogP contribution in [-0.4, -0.2) is 50.2 Å². The maximum absolute atomic E-state index is 12.9. The Labute approximate surface area is 168 Å². The summed E-state index contributed by atoms with van der Waals surface area (Å²) >= 11 is 0. The molecule has 0 unspecified atom stereocenters. The highest BCUT2D eigenvalue weighted by atomic mass is 16.5. The zero-order valence-corrected chi connectivity index (χ0v) is 16.4. The first-order valence-electron chi connectivity index (χ1n) is 9.93. The molecule has 0 N–H and O–H groups in total. The molecule has 0 atom stereocenters. The van der Waals surface area contributed by atoms with Crippen molar-refractivity contribution in [3.05, 3.63) is 60.7 Å². The number of carbonyl (C=O) groups is 1. The fraction of sp³-hybridized carbons (Fsp3) is 0.318. The van der Waals surface area contributed by atoms with E-state index in [2.05, 4.69) is 14.6 Å². The SMILES string of the molecule is COc1ccc2c(ccn2CC(=O)N2CCC(c3nnc4ccccn34)CC2)c1. The molecule has 1 aromatic carbocycles. The van der Waals surface area contributed by atoms with Crippen LogP contribution in [0.15, 0.2) is 54.9 Å². The molecule has 1 fully saturated rings. The Kier molecular flexibility index (Phi) is 4.42. The molecule has 0 aliphatic carbocycles. The van der Waals surface area contributed by atoms with Crippen molar-refractivity contribution >= 4 is 22.5 Å². The van der Waals surface area contributed by atoms with Gasteiger partial charge in [-0.2, -0.15) is 0 Å². The van der Waals surface area contributed by atoms with E-state index in [0.717, 1.165) is 54.1 Å². The van der Waals surface area contributed by atoms with Gasteiger partial charge in [0, 0.05) is 42.3 Å². The molecule has 5 rings (SSSR count). The number of methoxy groups -OCH3 is 1. The van der Waals surface area contributed by atoms with Gasteiger partial charge in [-0.25, -0.2) is 0 Å². The fourth-order valence-electron chi connectivity index (χ4n) is 4.21. The molecular weight excluding hydrogens is 366 g/mol. The van der Waals surface area contributed by atoms with Gasteiger partial charge in [0.1, 0.15) is 18.1 Å². The number of hydrogen-bond donors (Lipinski definition) is 0. The molecule has 29 heavy (non-hydrogen) atoms. The van der Waals surface area contributed by atoms with Gasteiger partial charge in [0.15, 0.2) is 5.65 Å². The summed E-state index contributed by atoms with van der Waals surface area (Å²) in [6, 6.07) is 13.9. The molecule has 148 valence electrons. The monoisotopic (exact) mass is 389 g/mol. The van der Waals surface area contributed by atoms with Crippen LogP contribution in [0.5, 0.6) is 5.75 Å². The highest BCUT2D eigenvalue weighted by Crippen LogP contribution is 2.28. The number of rotatable bonds is 4. The molecule has 7 nitrogen and oxygen atoms in total. The Bertz CT molecular complexity index is 1170. The van der Waals surface area contributed by atoms with Crippen LogP contribution in [-0.2, 0) is 11.3 Å². The maximum atomic E-state index is 12.9. The van der Waals surface area contributed by atoms with Crippen molar-refractivity contribution in [1.82, 2.24) is 24.1 Å². The van der Waals surface area contributed by atoms with Crippen molar-refractivity contribution in [2.75, 3.05) is 20.2 Å². The van der Waals surface area contributed by atoms with Gasteiger partial charge in [0.2, 0.25) is 5.91 Å². The zero-order valence-electron chi connectivity index (χ0n) is 16.4. The van der Waals surface area contributed by atoms with E-state index in [1.807, 2.05) is 64.3 Å². The molecule has 0 radical (unpaired) electrons. The van der Waals surface area contributed by atoms with E-state index < -0.39 is 0 Å². The first kappa shape index (κ1) is 17.7. The third kappa shape index (κ3) is 3.22. The Balaban J connectivity index is 1.26. The third-order valence-electron chi connectivity index (χ3n) is 5.84. The highest BCUT2D eigenvalue weighted by molar-refractivity contribution is 5.84. The minimum atomic E-state index is 0.155. The molecule has 1 aliphatic heterocycles. The molecule has 0 bridgehead atoms. The minimum Gasteiger partial charge on any atom is -0.497 e. The first-order chi connectivity index (χ1) is 14.2. The second-order valence-corrected chi connectivity index (χ2v) is 7.51. The number of carbonyl (C=O) groups excluding carboxylic acids is 1. The molecule has 1 aliphatic rings. The van der Waals surface area contributed by atoms with Gasteiger partial charge >= 0.3 is 0 Å². The molecule has 4 aromatic rings. The van der Waals surface area contributed by atoms with E-state index in [1.165, 1.54) is 0 Å². The van der Waals surface area contributed by atoms with Crippen molar-refractivity contribution in [3.63, 3.8) is 0 Å². The summed E-state index contributed by atoms with van der Waals surface area (Å²) in [6.45, 7) is 1.85.